The van der Waals surface area contributed by atoms with Crippen molar-refractivity contribution < 1.29 is 51.4 Å². The minimum absolute atomic E-state index is 0. The van der Waals surface area contributed by atoms with Gasteiger partial charge in [0.25, 0.3) is 0 Å². The van der Waals surface area contributed by atoms with E-state index in [0.29, 0.717) is 0 Å². The molecule has 28 valence electrons. The Kier molecular flexibility index (Phi) is 15.7. The maximum atomic E-state index is 3.42. The maximum Gasteiger partial charge on any atom is 1.00 e. The summed E-state index contributed by atoms with van der Waals surface area (Å²) in [6.45, 7) is 6.85. The van der Waals surface area contributed by atoms with Gasteiger partial charge in [0.1, 0.15) is 0 Å². The van der Waals surface area contributed by atoms with Crippen LogP contribution in [0.2, 0.25) is 0 Å². The van der Waals surface area contributed by atoms with Crippen molar-refractivity contribution in [3.8, 4) is 0 Å². The summed E-state index contributed by atoms with van der Waals surface area (Å²) in [6.07, 6.45) is 5.15. The van der Waals surface area contributed by atoms with E-state index < -0.39 is 0 Å². The van der Waals surface area contributed by atoms with E-state index in [1.165, 1.54) is 0 Å². The van der Waals surface area contributed by atoms with E-state index in [1.54, 1.807) is 18.2 Å². The topological polar surface area (TPSA) is 0 Å². The minimum Gasteiger partial charge on any atom is -0.245 e. The van der Waals surface area contributed by atoms with Crippen LogP contribution in [0.5, 0.6) is 0 Å². The number of hydrogen-bond acceptors (Lipinski definition) is 0. The summed E-state index contributed by atoms with van der Waals surface area (Å²) in [4.78, 5) is 0. The number of rotatable bonds is 1. The van der Waals surface area contributed by atoms with Crippen LogP contribution in [0.4, 0.5) is 0 Å². The third-order valence-corrected chi connectivity index (χ3v) is 0.272. The van der Waals surface area contributed by atoms with Crippen molar-refractivity contribution in [3.05, 3.63) is 31.7 Å². The van der Waals surface area contributed by atoms with E-state index in [9.17, 15) is 0 Å². The second-order valence-electron chi connectivity index (χ2n) is 0.664. The van der Waals surface area contributed by atoms with E-state index in [0.717, 1.165) is 0 Å². The molecule has 0 nitrogen and oxygen atoms in total. The van der Waals surface area contributed by atoms with Crippen LogP contribution in [0.25, 0.3) is 0 Å². The van der Waals surface area contributed by atoms with Gasteiger partial charge in [0.05, 0.1) is 0 Å². The molecule has 0 fully saturated rings. The van der Waals surface area contributed by atoms with Crippen LogP contribution in [0, 0.1) is 6.92 Å². The molecule has 0 aromatic carbocycles. The molecule has 0 saturated carbocycles. The Morgan fingerprint density at radius 2 is 2.00 bits per heavy atom. The van der Waals surface area contributed by atoms with Gasteiger partial charge in [0, 0.05) is 0 Å². The van der Waals surface area contributed by atoms with Crippen molar-refractivity contribution in [2.75, 3.05) is 0 Å². The van der Waals surface area contributed by atoms with Gasteiger partial charge >= 0.3 is 51.4 Å². The first kappa shape index (κ1) is 10.1. The molecule has 6 heavy (non-hydrogen) atoms. The van der Waals surface area contributed by atoms with Gasteiger partial charge in [-0.05, 0) is 0 Å². The van der Waals surface area contributed by atoms with E-state index in [-0.39, 0.29) is 51.4 Å². The fraction of sp³-hybridized carbons (Fsp3) is 0. The molecule has 0 heterocycles. The van der Waals surface area contributed by atoms with Gasteiger partial charge in [-0.1, -0.05) is 0 Å². The van der Waals surface area contributed by atoms with Gasteiger partial charge in [-0.2, -0.15) is 6.08 Å². The molecule has 0 amide bonds. The van der Waals surface area contributed by atoms with Gasteiger partial charge < -0.3 is 0 Å². The average Bonchev–Trinajstić information content (AvgIpc) is 1.41. The Bertz CT molecular complexity index is 45.9. The van der Waals surface area contributed by atoms with Crippen molar-refractivity contribution in [2.45, 2.75) is 0 Å². The van der Waals surface area contributed by atoms with E-state index in [4.69, 9.17) is 0 Å². The molecule has 0 rings (SSSR count). The van der Waals surface area contributed by atoms with Crippen molar-refractivity contribution in [1.29, 1.82) is 0 Å². The molecular formula is C5H7K. The first-order chi connectivity index (χ1) is 2.41. The first-order valence-corrected chi connectivity index (χ1v) is 1.48. The van der Waals surface area contributed by atoms with Crippen molar-refractivity contribution in [3.63, 3.8) is 0 Å². The summed E-state index contributed by atoms with van der Waals surface area (Å²) in [5, 5.41) is 0. The molecule has 0 aliphatic heterocycles. The van der Waals surface area contributed by atoms with Crippen LogP contribution in [-0.2, 0) is 0 Å². The van der Waals surface area contributed by atoms with Gasteiger partial charge in [-0.3, -0.25) is 0 Å². The monoisotopic (exact) mass is 106 g/mol. The van der Waals surface area contributed by atoms with Crippen molar-refractivity contribution in [1.82, 2.24) is 0 Å². The second-order valence-corrected chi connectivity index (χ2v) is 0.664. The molecule has 0 aromatic heterocycles. The van der Waals surface area contributed by atoms with E-state index >= 15 is 0 Å². The second kappa shape index (κ2) is 9.37. The molecule has 0 radical (unpaired) electrons. The first-order valence-electron chi connectivity index (χ1n) is 1.48. The third-order valence-electron chi connectivity index (χ3n) is 0.272. The molecule has 0 saturated heterocycles. The Morgan fingerprint density at radius 3 is 2.00 bits per heavy atom. The fourth-order valence-corrected chi connectivity index (χ4v) is 0.0962. The van der Waals surface area contributed by atoms with Gasteiger partial charge in [0.2, 0.25) is 0 Å². The summed E-state index contributed by atoms with van der Waals surface area (Å²) in [6, 6.07) is 0. The molecule has 0 aromatic rings. The molecule has 1 heteroatoms. The van der Waals surface area contributed by atoms with Gasteiger partial charge in [-0.25, -0.2) is 19.1 Å². The normalized spacial score (nSPS) is 7.33. The molecule has 0 aliphatic carbocycles. The van der Waals surface area contributed by atoms with Gasteiger partial charge in [0.15, 0.2) is 0 Å². The van der Waals surface area contributed by atoms with Crippen LogP contribution in [0.3, 0.4) is 0 Å². The predicted molar refractivity (Wildman–Crippen MR) is 24.7 cm³/mol. The standard InChI is InChI=1S/C5H7.K/c1-3-5-4-2;/h3-5H,1-2H2;/q-1;+1/b5-3-;. The molecule has 0 unspecified atom stereocenters. The van der Waals surface area contributed by atoms with Gasteiger partial charge in [-0.15, -0.1) is 6.58 Å². The average molecular weight is 106 g/mol. The zero-order valence-electron chi connectivity index (χ0n) is 4.15. The smallest absolute Gasteiger partial charge is 0.245 e. The molecule has 0 spiro atoms. The summed E-state index contributed by atoms with van der Waals surface area (Å²) in [5.74, 6) is 0. The van der Waals surface area contributed by atoms with E-state index in [1.807, 2.05) is 0 Å². The molecular weight excluding hydrogens is 99.2 g/mol. The van der Waals surface area contributed by atoms with Crippen LogP contribution in [-0.4, -0.2) is 0 Å². The largest absolute Gasteiger partial charge is 1.00 e. The molecule has 0 aliphatic rings. The summed E-state index contributed by atoms with van der Waals surface area (Å²) in [7, 11) is 0. The zero-order valence-corrected chi connectivity index (χ0v) is 7.27. The SMILES string of the molecule is C=C/C=C\[CH2-].[K+]. The summed E-state index contributed by atoms with van der Waals surface area (Å²) in [5.41, 5.74) is 0. The maximum absolute atomic E-state index is 3.42. The Hall–Kier alpha value is 0.986. The summed E-state index contributed by atoms with van der Waals surface area (Å²) >= 11 is 0. The quantitative estimate of drug-likeness (QED) is 0.218. The molecule has 0 atom stereocenters. The molecule has 0 N–H and O–H groups in total. The predicted octanol–water partition coefficient (Wildman–Crippen LogP) is -1.43. The van der Waals surface area contributed by atoms with Crippen LogP contribution in [0.1, 0.15) is 0 Å². The summed E-state index contributed by atoms with van der Waals surface area (Å²) < 4.78 is 0. The number of hydrogen-bond donors (Lipinski definition) is 0. The van der Waals surface area contributed by atoms with E-state index in [2.05, 4.69) is 13.5 Å². The van der Waals surface area contributed by atoms with Crippen molar-refractivity contribution >= 4 is 0 Å². The van der Waals surface area contributed by atoms with Crippen molar-refractivity contribution in [2.24, 2.45) is 0 Å². The third kappa shape index (κ3) is 8.88. The van der Waals surface area contributed by atoms with Crippen LogP contribution < -0.4 is 51.4 Å². The molecule has 0 bridgehead atoms. The zero-order chi connectivity index (χ0) is 4.12. The van der Waals surface area contributed by atoms with Crippen LogP contribution >= 0.6 is 0 Å². The minimum atomic E-state index is 0. The van der Waals surface area contributed by atoms with Crippen LogP contribution in [0.15, 0.2) is 24.8 Å². The Labute approximate surface area is 81.7 Å². The number of allylic oxidation sites excluding steroid dienone is 3. The Morgan fingerprint density at radius 1 is 1.50 bits per heavy atom. The Balaban J connectivity index is 0. The fourth-order valence-electron chi connectivity index (χ4n) is 0.0962.